The third-order valence-corrected chi connectivity index (χ3v) is 20.9. The molecule has 5 atom stereocenters. The van der Waals surface area contributed by atoms with Crippen LogP contribution in [0.25, 0.3) is 0 Å². The molecule has 0 rings (SSSR count). The molecule has 0 aromatic rings. The fraction of sp³-hybridized carbons (Fsp3) is 0.904. The van der Waals surface area contributed by atoms with Gasteiger partial charge in [0.1, 0.15) is 19.3 Å². The third kappa shape index (κ3) is 75.8. The zero-order valence-corrected chi connectivity index (χ0v) is 67.9. The quantitative estimate of drug-likeness (QED) is 0.0169. The van der Waals surface area contributed by atoms with Gasteiger partial charge in [0.25, 0.3) is 0 Å². The molecule has 102 heavy (non-hydrogen) atoms. The average molecular weight is 1490 g/mol. The number of ether oxygens (including phenoxy) is 4. The fourth-order valence-corrected chi connectivity index (χ4v) is 14.0. The Labute approximate surface area is 624 Å². The Balaban J connectivity index is 5.29. The van der Waals surface area contributed by atoms with Gasteiger partial charge in [-0.15, -0.1) is 0 Å². The number of hydrogen-bond acceptors (Lipinski definition) is 15. The van der Waals surface area contributed by atoms with Crippen LogP contribution in [0.15, 0.2) is 24.3 Å². The number of unbranched alkanes of at least 4 members (excludes halogenated alkanes) is 53. The van der Waals surface area contributed by atoms with E-state index in [0.29, 0.717) is 25.7 Å². The maximum absolute atomic E-state index is 13.1. The fourth-order valence-electron chi connectivity index (χ4n) is 12.5. The van der Waals surface area contributed by atoms with Crippen molar-refractivity contribution in [3.8, 4) is 0 Å². The lowest BCUT2D eigenvalue weighted by molar-refractivity contribution is -0.161. The van der Waals surface area contributed by atoms with E-state index in [2.05, 4.69) is 52.0 Å². The van der Waals surface area contributed by atoms with E-state index in [1.165, 1.54) is 238 Å². The van der Waals surface area contributed by atoms with E-state index in [1.54, 1.807) is 0 Å². The van der Waals surface area contributed by atoms with Crippen LogP contribution in [0.1, 0.15) is 426 Å². The molecule has 19 heteroatoms. The first-order valence-electron chi connectivity index (χ1n) is 42.6. The van der Waals surface area contributed by atoms with Crippen molar-refractivity contribution in [2.24, 2.45) is 0 Å². The highest BCUT2D eigenvalue weighted by atomic mass is 31.2. The summed E-state index contributed by atoms with van der Waals surface area (Å²) in [7, 11) is -9.93. The van der Waals surface area contributed by atoms with Crippen molar-refractivity contribution < 1.29 is 80.2 Å². The lowest BCUT2D eigenvalue weighted by Gasteiger charge is -2.21. The zero-order chi connectivity index (χ0) is 74.6. The van der Waals surface area contributed by atoms with Gasteiger partial charge in [-0.05, 0) is 51.4 Å². The monoisotopic (exact) mass is 1490 g/mol. The van der Waals surface area contributed by atoms with Gasteiger partial charge in [0.05, 0.1) is 26.4 Å². The number of carbonyl (C=O) groups is 4. The summed E-state index contributed by atoms with van der Waals surface area (Å²) in [5, 5.41) is 10.7. The SMILES string of the molecule is CCCCCC/C=C\C=C/CCCCCCCC(=O)OC[C@H](COP(=O)(O)OC[C@@H](O)COP(=O)(O)OC[C@@H](COC(=O)CCCCCCCCCCCCCCC)OC(=O)CCCCCCCCCCCCCCCCC)OC(=O)CCCCCCCCCCCCCCCCCCCCC. The van der Waals surface area contributed by atoms with Gasteiger partial charge >= 0.3 is 39.5 Å². The average Bonchev–Trinajstić information content (AvgIpc) is 1.28. The lowest BCUT2D eigenvalue weighted by Crippen LogP contribution is -2.30. The van der Waals surface area contributed by atoms with Crippen LogP contribution < -0.4 is 0 Å². The van der Waals surface area contributed by atoms with Crippen LogP contribution in [0.2, 0.25) is 0 Å². The number of allylic oxidation sites excluding steroid dienone is 4. The maximum Gasteiger partial charge on any atom is 0.472 e. The molecular formula is C83H158O17P2. The Morgan fingerprint density at radius 2 is 0.471 bits per heavy atom. The van der Waals surface area contributed by atoms with Gasteiger partial charge < -0.3 is 33.8 Å². The van der Waals surface area contributed by atoms with Gasteiger partial charge in [-0.1, -0.05) is 373 Å². The molecule has 0 saturated carbocycles. The predicted molar refractivity (Wildman–Crippen MR) is 418 cm³/mol. The molecule has 0 bridgehead atoms. The first kappa shape index (κ1) is 99.5. The summed E-state index contributed by atoms with van der Waals surface area (Å²) in [4.78, 5) is 73.1. The van der Waals surface area contributed by atoms with E-state index >= 15 is 0 Å². The Morgan fingerprint density at radius 1 is 0.275 bits per heavy atom. The van der Waals surface area contributed by atoms with Gasteiger partial charge in [-0.2, -0.15) is 0 Å². The highest BCUT2D eigenvalue weighted by Crippen LogP contribution is 2.45. The number of phosphoric acid groups is 2. The molecule has 2 unspecified atom stereocenters. The highest BCUT2D eigenvalue weighted by Gasteiger charge is 2.30. The smallest absolute Gasteiger partial charge is 0.462 e. The van der Waals surface area contributed by atoms with Crippen molar-refractivity contribution >= 4 is 39.5 Å². The number of esters is 4. The minimum absolute atomic E-state index is 0.102. The van der Waals surface area contributed by atoms with Gasteiger partial charge in [0, 0.05) is 25.7 Å². The number of carbonyl (C=O) groups excluding carboxylic acids is 4. The first-order chi connectivity index (χ1) is 49.7. The maximum atomic E-state index is 13.1. The number of aliphatic hydroxyl groups is 1. The molecule has 0 saturated heterocycles. The zero-order valence-electron chi connectivity index (χ0n) is 66.1. The largest absolute Gasteiger partial charge is 0.472 e. The van der Waals surface area contributed by atoms with E-state index < -0.39 is 97.5 Å². The van der Waals surface area contributed by atoms with Gasteiger partial charge in [-0.25, -0.2) is 9.13 Å². The minimum atomic E-state index is -4.97. The molecule has 0 spiro atoms. The van der Waals surface area contributed by atoms with Gasteiger partial charge in [0.2, 0.25) is 0 Å². The molecule has 0 heterocycles. The van der Waals surface area contributed by atoms with E-state index in [9.17, 15) is 43.2 Å². The molecule has 602 valence electrons. The number of phosphoric ester groups is 2. The molecule has 0 aliphatic rings. The van der Waals surface area contributed by atoms with Crippen molar-refractivity contribution in [2.75, 3.05) is 39.6 Å². The number of aliphatic hydroxyl groups excluding tert-OH is 1. The van der Waals surface area contributed by atoms with Crippen LogP contribution >= 0.6 is 15.6 Å². The van der Waals surface area contributed by atoms with Crippen molar-refractivity contribution in [3.05, 3.63) is 24.3 Å². The summed E-state index contributed by atoms with van der Waals surface area (Å²) in [6.45, 7) is 4.98. The Kier molecular flexibility index (Phi) is 74.9. The Bertz CT molecular complexity index is 2020. The summed E-state index contributed by atoms with van der Waals surface area (Å²) in [5.74, 6) is -2.13. The van der Waals surface area contributed by atoms with Gasteiger partial charge in [-0.3, -0.25) is 37.3 Å². The molecule has 0 radical (unpaired) electrons. The second-order valence-corrected chi connectivity index (χ2v) is 32.1. The lowest BCUT2D eigenvalue weighted by atomic mass is 10.0. The Morgan fingerprint density at radius 3 is 0.716 bits per heavy atom. The van der Waals surface area contributed by atoms with Crippen LogP contribution in [0, 0.1) is 0 Å². The summed E-state index contributed by atoms with van der Waals surface area (Å²) in [6, 6.07) is 0. The summed E-state index contributed by atoms with van der Waals surface area (Å²) in [5.41, 5.74) is 0. The second-order valence-electron chi connectivity index (χ2n) is 29.2. The Hall–Kier alpha value is -2.46. The van der Waals surface area contributed by atoms with Crippen molar-refractivity contribution in [1.29, 1.82) is 0 Å². The third-order valence-electron chi connectivity index (χ3n) is 19.0. The van der Waals surface area contributed by atoms with E-state index in [4.69, 9.17) is 37.0 Å². The molecule has 3 N–H and O–H groups in total. The van der Waals surface area contributed by atoms with Crippen LogP contribution in [0.3, 0.4) is 0 Å². The second kappa shape index (κ2) is 76.7. The first-order valence-corrected chi connectivity index (χ1v) is 45.6. The standard InChI is InChI=1S/C83H158O17P2/c1-5-9-13-17-21-25-29-33-36-37-38-39-42-46-50-54-58-62-66-70-83(88)100-79(74-94-81(86)68-64-60-56-52-48-44-40-34-30-26-22-18-14-10-6-2)76-98-102(91,92)96-72-77(84)71-95-101(89,90)97-75-78(73-93-80(85)67-63-59-55-51-47-43-32-28-24-20-16-12-8-4)99-82(87)69-65-61-57-53-49-45-41-35-31-27-23-19-15-11-7-3/h26,30,34,40,77-79,84H,5-25,27-29,31-33,35-39,41-76H2,1-4H3,(H,89,90)(H,91,92)/b30-26-,40-34-/t77-,78+,79+/m0/s1. The molecule has 0 aromatic carbocycles. The minimum Gasteiger partial charge on any atom is -0.462 e. The summed E-state index contributed by atoms with van der Waals surface area (Å²) in [6.07, 6.45) is 72.8. The molecule has 0 aliphatic carbocycles. The van der Waals surface area contributed by atoms with E-state index in [1.807, 2.05) is 0 Å². The predicted octanol–water partition coefficient (Wildman–Crippen LogP) is 24.9. The van der Waals surface area contributed by atoms with E-state index in [-0.39, 0.29) is 25.7 Å². The van der Waals surface area contributed by atoms with Gasteiger partial charge in [0.15, 0.2) is 12.2 Å². The van der Waals surface area contributed by atoms with Crippen molar-refractivity contribution in [3.63, 3.8) is 0 Å². The topological polar surface area (TPSA) is 237 Å². The number of rotatable bonds is 82. The molecule has 0 fully saturated rings. The van der Waals surface area contributed by atoms with Crippen LogP contribution in [-0.2, 0) is 65.4 Å². The number of hydrogen-bond donors (Lipinski definition) is 3. The molecule has 0 aliphatic heterocycles. The molecule has 0 amide bonds. The van der Waals surface area contributed by atoms with Crippen molar-refractivity contribution in [2.45, 2.75) is 444 Å². The van der Waals surface area contributed by atoms with Crippen LogP contribution in [-0.4, -0.2) is 96.7 Å². The molecular weight excluding hydrogens is 1330 g/mol. The normalized spacial score (nSPS) is 13.9. The molecule has 17 nitrogen and oxygen atoms in total. The highest BCUT2D eigenvalue weighted by molar-refractivity contribution is 7.47. The summed E-state index contributed by atoms with van der Waals surface area (Å²) >= 11 is 0. The van der Waals surface area contributed by atoms with E-state index in [0.717, 1.165) is 109 Å². The molecule has 0 aromatic heterocycles. The summed E-state index contributed by atoms with van der Waals surface area (Å²) < 4.78 is 68.8. The van der Waals surface area contributed by atoms with Crippen LogP contribution in [0.5, 0.6) is 0 Å². The van der Waals surface area contributed by atoms with Crippen LogP contribution in [0.4, 0.5) is 0 Å². The van der Waals surface area contributed by atoms with Crippen molar-refractivity contribution in [1.82, 2.24) is 0 Å².